The molecule has 5 nitrogen and oxygen atoms in total. The SMILES string of the molecule is O=C(O)c1cnnn1Cc1ccccc1. The van der Waals surface area contributed by atoms with Gasteiger partial charge in [-0.3, -0.25) is 0 Å². The van der Waals surface area contributed by atoms with Gasteiger partial charge in [0, 0.05) is 0 Å². The minimum atomic E-state index is -1.02. The normalized spacial score (nSPS) is 10.1. The van der Waals surface area contributed by atoms with Gasteiger partial charge in [0.25, 0.3) is 0 Å². The van der Waals surface area contributed by atoms with Gasteiger partial charge in [0.05, 0.1) is 12.7 Å². The van der Waals surface area contributed by atoms with Crippen LogP contribution in [0.2, 0.25) is 0 Å². The molecule has 2 aromatic rings. The summed E-state index contributed by atoms with van der Waals surface area (Å²) in [5.41, 5.74) is 1.09. The van der Waals surface area contributed by atoms with Crippen LogP contribution in [0.5, 0.6) is 0 Å². The summed E-state index contributed by atoms with van der Waals surface area (Å²) >= 11 is 0. The van der Waals surface area contributed by atoms with Crippen LogP contribution in [0.1, 0.15) is 16.1 Å². The Balaban J connectivity index is 2.25. The molecular formula is C10H9N3O2. The molecule has 1 heterocycles. The number of hydrogen-bond donors (Lipinski definition) is 1. The highest BCUT2D eigenvalue weighted by molar-refractivity contribution is 5.85. The largest absolute Gasteiger partial charge is 0.476 e. The van der Waals surface area contributed by atoms with E-state index < -0.39 is 5.97 Å². The van der Waals surface area contributed by atoms with Gasteiger partial charge in [0.15, 0.2) is 5.69 Å². The van der Waals surface area contributed by atoms with Crippen LogP contribution < -0.4 is 0 Å². The maximum absolute atomic E-state index is 10.8. The average molecular weight is 203 g/mol. The third-order valence-electron chi connectivity index (χ3n) is 2.01. The summed E-state index contributed by atoms with van der Waals surface area (Å²) in [6.45, 7) is 0.419. The molecule has 1 aromatic heterocycles. The van der Waals surface area contributed by atoms with Crippen LogP contribution in [0.4, 0.5) is 0 Å². The molecule has 1 aromatic carbocycles. The molecule has 0 unspecified atom stereocenters. The molecule has 76 valence electrons. The first-order valence-electron chi connectivity index (χ1n) is 4.43. The first kappa shape index (κ1) is 9.39. The van der Waals surface area contributed by atoms with Crippen molar-refractivity contribution in [1.29, 1.82) is 0 Å². The summed E-state index contributed by atoms with van der Waals surface area (Å²) in [5.74, 6) is -1.02. The van der Waals surface area contributed by atoms with Gasteiger partial charge in [-0.25, -0.2) is 9.48 Å². The fourth-order valence-corrected chi connectivity index (χ4v) is 1.30. The summed E-state index contributed by atoms with van der Waals surface area (Å²) in [6.07, 6.45) is 1.24. The molecule has 0 atom stereocenters. The van der Waals surface area contributed by atoms with Crippen molar-refractivity contribution in [2.24, 2.45) is 0 Å². The second-order valence-corrected chi connectivity index (χ2v) is 3.07. The summed E-state index contributed by atoms with van der Waals surface area (Å²) in [5, 5.41) is 16.1. The summed E-state index contributed by atoms with van der Waals surface area (Å²) in [7, 11) is 0. The zero-order valence-corrected chi connectivity index (χ0v) is 7.87. The standard InChI is InChI=1S/C10H9N3O2/c14-10(15)9-6-11-12-13(9)7-8-4-2-1-3-5-8/h1-6H,7H2,(H,14,15). The number of benzene rings is 1. The highest BCUT2D eigenvalue weighted by Crippen LogP contribution is 2.03. The van der Waals surface area contributed by atoms with E-state index in [4.69, 9.17) is 5.11 Å². The predicted octanol–water partition coefficient (Wildman–Crippen LogP) is 1.02. The minimum absolute atomic E-state index is 0.0962. The van der Waals surface area contributed by atoms with E-state index >= 15 is 0 Å². The molecule has 5 heteroatoms. The smallest absolute Gasteiger partial charge is 0.355 e. The van der Waals surface area contributed by atoms with E-state index in [1.54, 1.807) is 0 Å². The van der Waals surface area contributed by atoms with Crippen molar-refractivity contribution in [2.45, 2.75) is 6.54 Å². The number of aromatic carboxylic acids is 1. The van der Waals surface area contributed by atoms with Crippen LogP contribution in [0.25, 0.3) is 0 Å². The predicted molar refractivity (Wildman–Crippen MR) is 52.5 cm³/mol. The van der Waals surface area contributed by atoms with E-state index in [1.165, 1.54) is 10.9 Å². The van der Waals surface area contributed by atoms with Crippen LogP contribution in [0.15, 0.2) is 36.5 Å². The topological polar surface area (TPSA) is 68.0 Å². The molecule has 2 rings (SSSR count). The van der Waals surface area contributed by atoms with Gasteiger partial charge in [-0.15, -0.1) is 5.10 Å². The molecule has 0 bridgehead atoms. The Morgan fingerprint density at radius 2 is 2.07 bits per heavy atom. The number of nitrogens with zero attached hydrogens (tertiary/aromatic N) is 3. The Hall–Kier alpha value is -2.17. The Morgan fingerprint density at radius 3 is 2.73 bits per heavy atom. The number of hydrogen-bond acceptors (Lipinski definition) is 3. The van der Waals surface area contributed by atoms with Crippen molar-refractivity contribution in [2.75, 3.05) is 0 Å². The fraction of sp³-hybridized carbons (Fsp3) is 0.100. The quantitative estimate of drug-likeness (QED) is 0.808. The Labute approximate surface area is 86.0 Å². The maximum Gasteiger partial charge on any atom is 0.355 e. The number of rotatable bonds is 3. The second kappa shape index (κ2) is 3.91. The number of aromatic nitrogens is 3. The van der Waals surface area contributed by atoms with Gasteiger partial charge in [-0.1, -0.05) is 35.5 Å². The van der Waals surface area contributed by atoms with Gasteiger partial charge in [0.2, 0.25) is 0 Å². The summed E-state index contributed by atoms with van der Waals surface area (Å²) in [4.78, 5) is 10.8. The summed E-state index contributed by atoms with van der Waals surface area (Å²) < 4.78 is 1.36. The first-order chi connectivity index (χ1) is 7.27. The minimum Gasteiger partial charge on any atom is -0.476 e. The lowest BCUT2D eigenvalue weighted by Gasteiger charge is -2.02. The molecule has 0 aliphatic heterocycles. The van der Waals surface area contributed by atoms with E-state index in [0.29, 0.717) is 6.54 Å². The van der Waals surface area contributed by atoms with E-state index in [1.807, 2.05) is 30.3 Å². The van der Waals surface area contributed by atoms with Gasteiger partial charge in [-0.2, -0.15) is 0 Å². The van der Waals surface area contributed by atoms with E-state index in [9.17, 15) is 4.79 Å². The Kier molecular flexibility index (Phi) is 2.45. The Morgan fingerprint density at radius 1 is 1.33 bits per heavy atom. The van der Waals surface area contributed by atoms with E-state index in [2.05, 4.69) is 10.3 Å². The highest BCUT2D eigenvalue weighted by Gasteiger charge is 2.10. The van der Waals surface area contributed by atoms with Crippen molar-refractivity contribution >= 4 is 5.97 Å². The lowest BCUT2D eigenvalue weighted by Crippen LogP contribution is -2.10. The van der Waals surface area contributed by atoms with E-state index in [-0.39, 0.29) is 5.69 Å². The molecule has 0 amide bonds. The zero-order chi connectivity index (χ0) is 10.7. The monoisotopic (exact) mass is 203 g/mol. The van der Waals surface area contributed by atoms with E-state index in [0.717, 1.165) is 5.56 Å². The molecule has 0 spiro atoms. The average Bonchev–Trinajstić information content (AvgIpc) is 2.67. The Bertz CT molecular complexity index is 465. The van der Waals surface area contributed by atoms with Crippen LogP contribution >= 0.6 is 0 Å². The first-order valence-corrected chi connectivity index (χ1v) is 4.43. The number of carboxylic acid groups (broad SMARTS) is 1. The molecule has 0 aliphatic carbocycles. The third-order valence-corrected chi connectivity index (χ3v) is 2.01. The van der Waals surface area contributed by atoms with Crippen molar-refractivity contribution in [3.8, 4) is 0 Å². The maximum atomic E-state index is 10.8. The van der Waals surface area contributed by atoms with Gasteiger partial charge in [0.1, 0.15) is 0 Å². The molecule has 0 saturated carbocycles. The van der Waals surface area contributed by atoms with Gasteiger partial charge >= 0.3 is 5.97 Å². The fourth-order valence-electron chi connectivity index (χ4n) is 1.30. The second-order valence-electron chi connectivity index (χ2n) is 3.07. The van der Waals surface area contributed by atoms with Crippen molar-refractivity contribution in [3.63, 3.8) is 0 Å². The molecule has 0 aliphatic rings. The van der Waals surface area contributed by atoms with Crippen molar-refractivity contribution < 1.29 is 9.90 Å². The third kappa shape index (κ3) is 2.01. The highest BCUT2D eigenvalue weighted by atomic mass is 16.4. The number of carboxylic acids is 1. The molecule has 0 fully saturated rings. The lowest BCUT2D eigenvalue weighted by molar-refractivity contribution is 0.0684. The summed E-state index contributed by atoms with van der Waals surface area (Å²) in [6, 6.07) is 9.52. The van der Waals surface area contributed by atoms with Gasteiger partial charge in [-0.05, 0) is 5.56 Å². The van der Waals surface area contributed by atoms with Gasteiger partial charge < -0.3 is 5.11 Å². The molecular weight excluding hydrogens is 194 g/mol. The molecule has 1 N–H and O–H groups in total. The lowest BCUT2D eigenvalue weighted by atomic mass is 10.2. The molecule has 15 heavy (non-hydrogen) atoms. The molecule has 0 saturated heterocycles. The molecule has 0 radical (unpaired) electrons. The van der Waals surface area contributed by atoms with Crippen LogP contribution in [-0.2, 0) is 6.54 Å². The van der Waals surface area contributed by atoms with Crippen LogP contribution in [-0.4, -0.2) is 26.1 Å². The van der Waals surface area contributed by atoms with Crippen LogP contribution in [0.3, 0.4) is 0 Å². The van der Waals surface area contributed by atoms with Crippen molar-refractivity contribution in [3.05, 3.63) is 47.8 Å². The zero-order valence-electron chi connectivity index (χ0n) is 7.87. The van der Waals surface area contributed by atoms with Crippen LogP contribution in [0, 0.1) is 0 Å². The number of carbonyl (C=O) groups is 1. The van der Waals surface area contributed by atoms with Crippen molar-refractivity contribution in [1.82, 2.24) is 15.0 Å².